The topological polar surface area (TPSA) is 131 Å². The van der Waals surface area contributed by atoms with Crippen molar-refractivity contribution in [2.24, 2.45) is 0 Å². The van der Waals surface area contributed by atoms with Gasteiger partial charge in [-0.15, -0.1) is 0 Å². The highest BCUT2D eigenvalue weighted by atomic mass is 35.5. The third-order valence-corrected chi connectivity index (χ3v) is 7.90. The van der Waals surface area contributed by atoms with Crippen LogP contribution in [-0.4, -0.2) is 83.9 Å². The SMILES string of the molecule is CCN(CC)c1ncc(N(CC)C(=O)N(C)c2cccc(Cl)c2)c(N[C@@H](Cc2ccc(OC(=O)N3CCCC3)cc2)C(=O)O)n1. The zero-order valence-electron chi connectivity index (χ0n) is 26.1. The molecule has 1 aliphatic heterocycles. The average Bonchev–Trinajstić information content (AvgIpc) is 3.58. The summed E-state index contributed by atoms with van der Waals surface area (Å²) < 4.78 is 5.48. The van der Waals surface area contributed by atoms with E-state index in [1.54, 1.807) is 66.7 Å². The number of ether oxygens (including phenoxy) is 1. The van der Waals surface area contributed by atoms with Gasteiger partial charge in [0.15, 0.2) is 5.82 Å². The molecule has 4 rings (SSSR count). The number of carbonyl (C=O) groups is 3. The second-order valence-corrected chi connectivity index (χ2v) is 11.0. The third-order valence-electron chi connectivity index (χ3n) is 7.67. The molecule has 1 aliphatic rings. The molecule has 0 bridgehead atoms. The van der Waals surface area contributed by atoms with E-state index >= 15 is 0 Å². The van der Waals surface area contributed by atoms with E-state index < -0.39 is 12.0 Å². The number of nitrogens with zero attached hydrogens (tertiary/aromatic N) is 6. The van der Waals surface area contributed by atoms with Crippen LogP contribution in [0.1, 0.15) is 39.2 Å². The number of carbonyl (C=O) groups excluding carboxylic acids is 2. The summed E-state index contributed by atoms with van der Waals surface area (Å²) in [5.41, 5.74) is 1.64. The number of nitrogens with one attached hydrogen (secondary N) is 1. The van der Waals surface area contributed by atoms with Crippen LogP contribution in [-0.2, 0) is 11.2 Å². The number of anilines is 4. The summed E-state index contributed by atoms with van der Waals surface area (Å²) in [7, 11) is 1.64. The van der Waals surface area contributed by atoms with E-state index in [4.69, 9.17) is 21.3 Å². The Kier molecular flexibility index (Phi) is 11.4. The van der Waals surface area contributed by atoms with Gasteiger partial charge in [-0.05, 0) is 69.5 Å². The fraction of sp³-hybridized carbons (Fsp3) is 0.406. The first kappa shape index (κ1) is 33.3. The van der Waals surface area contributed by atoms with Gasteiger partial charge in [0, 0.05) is 56.9 Å². The fourth-order valence-electron chi connectivity index (χ4n) is 5.07. The van der Waals surface area contributed by atoms with Crippen molar-refractivity contribution in [1.29, 1.82) is 0 Å². The average molecular weight is 638 g/mol. The summed E-state index contributed by atoms with van der Waals surface area (Å²) in [5.74, 6) is -0.0892. The Morgan fingerprint density at radius 3 is 2.33 bits per heavy atom. The van der Waals surface area contributed by atoms with Crippen LogP contribution >= 0.6 is 11.6 Å². The zero-order valence-corrected chi connectivity index (χ0v) is 26.8. The molecular formula is C32H40ClN7O5. The first-order chi connectivity index (χ1) is 21.6. The lowest BCUT2D eigenvalue weighted by atomic mass is 10.1. The number of hydrogen-bond acceptors (Lipinski definition) is 8. The maximum absolute atomic E-state index is 13.7. The van der Waals surface area contributed by atoms with Gasteiger partial charge in [0.1, 0.15) is 17.5 Å². The van der Waals surface area contributed by atoms with E-state index in [9.17, 15) is 19.5 Å². The predicted octanol–water partition coefficient (Wildman–Crippen LogP) is 5.76. The predicted molar refractivity (Wildman–Crippen MR) is 176 cm³/mol. The van der Waals surface area contributed by atoms with Gasteiger partial charge in [0.05, 0.1) is 6.20 Å². The number of halogens is 1. The van der Waals surface area contributed by atoms with Crippen molar-refractivity contribution >= 4 is 52.8 Å². The van der Waals surface area contributed by atoms with E-state index in [0.29, 0.717) is 59.8 Å². The minimum absolute atomic E-state index is 0.0994. The molecular weight excluding hydrogens is 598 g/mol. The van der Waals surface area contributed by atoms with Crippen molar-refractivity contribution in [1.82, 2.24) is 14.9 Å². The molecule has 3 aromatic rings. The van der Waals surface area contributed by atoms with Crippen molar-refractivity contribution in [3.05, 3.63) is 65.3 Å². The lowest BCUT2D eigenvalue weighted by molar-refractivity contribution is -0.137. The smallest absolute Gasteiger partial charge is 0.415 e. The fourth-order valence-corrected chi connectivity index (χ4v) is 5.26. The number of carboxylic acid groups (broad SMARTS) is 1. The Balaban J connectivity index is 1.60. The molecule has 12 nitrogen and oxygen atoms in total. The van der Waals surface area contributed by atoms with Crippen LogP contribution in [0.5, 0.6) is 5.75 Å². The van der Waals surface area contributed by atoms with Crippen LogP contribution in [0.3, 0.4) is 0 Å². The number of rotatable bonds is 12. The second-order valence-electron chi connectivity index (χ2n) is 10.6. The number of likely N-dealkylation sites (tertiary alicyclic amines) is 1. The van der Waals surface area contributed by atoms with Gasteiger partial charge in [0.2, 0.25) is 5.95 Å². The largest absolute Gasteiger partial charge is 0.480 e. The van der Waals surface area contributed by atoms with Crippen LogP contribution in [0.25, 0.3) is 0 Å². The van der Waals surface area contributed by atoms with Crippen molar-refractivity contribution in [3.63, 3.8) is 0 Å². The maximum Gasteiger partial charge on any atom is 0.415 e. The van der Waals surface area contributed by atoms with E-state index in [1.807, 2.05) is 25.7 Å². The standard InChI is InChI=1S/C32H40ClN7O5/c1-5-38(6-2)30-34-21-27(40(7-3)31(43)37(4)24-12-10-11-23(33)20-24)28(36-30)35-26(29(41)42)19-22-13-15-25(16-14-22)45-32(44)39-17-8-9-18-39/h10-16,20-21,26H,5-9,17-19H2,1-4H3,(H,41,42)(H,34,35,36)/t26-/m0/s1. The number of carboxylic acids is 1. The minimum Gasteiger partial charge on any atom is -0.480 e. The molecule has 1 fully saturated rings. The number of amides is 3. The van der Waals surface area contributed by atoms with Gasteiger partial charge in [-0.3, -0.25) is 9.80 Å². The molecule has 13 heteroatoms. The summed E-state index contributed by atoms with van der Waals surface area (Å²) in [6.07, 6.45) is 3.18. The number of urea groups is 1. The number of aromatic nitrogens is 2. The molecule has 0 aliphatic carbocycles. The summed E-state index contributed by atoms with van der Waals surface area (Å²) in [5, 5.41) is 13.8. The van der Waals surface area contributed by atoms with Gasteiger partial charge in [0.25, 0.3) is 0 Å². The van der Waals surface area contributed by atoms with Crippen LogP contribution in [0, 0.1) is 0 Å². The molecule has 2 N–H and O–H groups in total. The molecule has 1 aromatic heterocycles. The number of hydrogen-bond donors (Lipinski definition) is 2. The monoisotopic (exact) mass is 637 g/mol. The van der Waals surface area contributed by atoms with Crippen LogP contribution in [0.4, 0.5) is 32.7 Å². The normalized spacial score (nSPS) is 13.2. The zero-order chi connectivity index (χ0) is 32.5. The van der Waals surface area contributed by atoms with Gasteiger partial charge >= 0.3 is 18.1 Å². The lowest BCUT2D eigenvalue weighted by Gasteiger charge is -2.30. The van der Waals surface area contributed by atoms with Crippen LogP contribution in [0.15, 0.2) is 54.7 Å². The van der Waals surface area contributed by atoms with Crippen molar-refractivity contribution < 1.29 is 24.2 Å². The van der Waals surface area contributed by atoms with E-state index in [2.05, 4.69) is 10.3 Å². The molecule has 3 amide bonds. The Morgan fingerprint density at radius 2 is 1.73 bits per heavy atom. The lowest BCUT2D eigenvalue weighted by Crippen LogP contribution is -2.42. The van der Waals surface area contributed by atoms with Crippen LogP contribution in [0.2, 0.25) is 5.02 Å². The van der Waals surface area contributed by atoms with Gasteiger partial charge in [-0.2, -0.15) is 4.98 Å². The van der Waals surface area contributed by atoms with Gasteiger partial charge in [-0.1, -0.05) is 29.8 Å². The molecule has 0 radical (unpaired) electrons. The minimum atomic E-state index is -1.10. The molecule has 45 heavy (non-hydrogen) atoms. The molecule has 2 heterocycles. The van der Waals surface area contributed by atoms with E-state index in [0.717, 1.165) is 12.8 Å². The molecule has 0 unspecified atom stereocenters. The Labute approximate surface area is 268 Å². The van der Waals surface area contributed by atoms with Crippen molar-refractivity contribution in [2.75, 3.05) is 59.8 Å². The van der Waals surface area contributed by atoms with Gasteiger partial charge in [-0.25, -0.2) is 19.4 Å². The Morgan fingerprint density at radius 1 is 1.04 bits per heavy atom. The summed E-state index contributed by atoms with van der Waals surface area (Å²) in [4.78, 5) is 54.4. The molecule has 1 atom stereocenters. The highest BCUT2D eigenvalue weighted by Crippen LogP contribution is 2.29. The first-order valence-electron chi connectivity index (χ1n) is 15.1. The van der Waals surface area contributed by atoms with Gasteiger partial charge < -0.3 is 25.0 Å². The van der Waals surface area contributed by atoms with Crippen LogP contribution < -0.4 is 24.8 Å². The van der Waals surface area contributed by atoms with Crippen molar-refractivity contribution in [3.8, 4) is 5.75 Å². The van der Waals surface area contributed by atoms with E-state index in [1.165, 1.54) is 9.80 Å². The molecule has 240 valence electrons. The van der Waals surface area contributed by atoms with Crippen molar-refractivity contribution in [2.45, 2.75) is 46.1 Å². The highest BCUT2D eigenvalue weighted by Gasteiger charge is 2.27. The first-order valence-corrected chi connectivity index (χ1v) is 15.5. The Hall–Kier alpha value is -4.58. The second kappa shape index (κ2) is 15.4. The third kappa shape index (κ3) is 8.33. The quantitative estimate of drug-likeness (QED) is 0.254. The molecule has 2 aromatic carbocycles. The number of aliphatic carboxylic acids is 1. The summed E-state index contributed by atoms with van der Waals surface area (Å²) in [6.45, 7) is 8.67. The maximum atomic E-state index is 13.7. The summed E-state index contributed by atoms with van der Waals surface area (Å²) >= 11 is 6.17. The Bertz CT molecular complexity index is 1480. The highest BCUT2D eigenvalue weighted by molar-refractivity contribution is 6.31. The number of benzene rings is 2. The molecule has 0 spiro atoms. The molecule has 1 saturated heterocycles. The van der Waals surface area contributed by atoms with E-state index in [-0.39, 0.29) is 30.9 Å². The summed E-state index contributed by atoms with van der Waals surface area (Å²) in [6, 6.07) is 12.2. The molecule has 0 saturated carbocycles.